The van der Waals surface area contributed by atoms with Gasteiger partial charge in [0.2, 0.25) is 0 Å². The highest BCUT2D eigenvalue weighted by atomic mass is 16.5. The summed E-state index contributed by atoms with van der Waals surface area (Å²) in [5, 5.41) is 0. The highest BCUT2D eigenvalue weighted by Crippen LogP contribution is 2.43. The van der Waals surface area contributed by atoms with Crippen molar-refractivity contribution in [3.63, 3.8) is 0 Å². The maximum Gasteiger partial charge on any atom is 0.164 e. The number of ether oxygens (including phenoxy) is 8. The lowest BCUT2D eigenvalue weighted by atomic mass is 10.1. The second-order valence-corrected chi connectivity index (χ2v) is 36.0. The first-order valence-electron chi connectivity index (χ1n) is 46.9. The zero-order valence-electron chi connectivity index (χ0n) is 78.8. The summed E-state index contributed by atoms with van der Waals surface area (Å²) in [5.41, 5.74) is 20.2. The maximum absolute atomic E-state index is 6.42. The first-order chi connectivity index (χ1) is 70.3. The van der Waals surface area contributed by atoms with Crippen LogP contribution in [-0.4, -0.2) is 93.4 Å². The normalized spacial score (nSPS) is 14.3. The Morgan fingerprint density at radius 1 is 0.110 bits per heavy atom. The maximum atomic E-state index is 6.42. The van der Waals surface area contributed by atoms with Crippen molar-refractivity contribution in [2.45, 2.75) is 70.2 Å². The Kier molecular flexibility index (Phi) is 23.1. The molecule has 0 radical (unpaired) electrons. The topological polar surface area (TPSA) is 272 Å². The van der Waals surface area contributed by atoms with Crippen molar-refractivity contribution in [1.82, 2.24) is 0 Å². The van der Waals surface area contributed by atoms with Gasteiger partial charge in [-0.3, -0.25) is 0 Å². The average Bonchev–Trinajstić information content (AvgIpc) is 1.59. The van der Waals surface area contributed by atoms with Crippen LogP contribution in [0.25, 0.3) is 0 Å². The van der Waals surface area contributed by atoms with E-state index in [0.717, 1.165) is 89.0 Å². The summed E-state index contributed by atoms with van der Waals surface area (Å²) in [6, 6.07) is 110. The van der Waals surface area contributed by atoms with Gasteiger partial charge in [0.25, 0.3) is 0 Å². The Balaban J connectivity index is 0.000000159. The SMILES string of the molecule is C.C.Cc1cccc(Oc2ccc3c(c2)C2=NC3=NC3=NC(=NC4=NC(=NC5=NC(=N2)c2cc(Oc6cccc(C)c6)ccc25)c2ccc(Oc5cccc(C)c5)cc24)c2cc(Oc4cccc(C)c4)ccc23)c1.Cc1cccc(Oc2ccc3c(c2)C2=NC3=NC3=NC(=NC4=NC(=NC5=NC(=N2)c2ccc(Oc6cccc(C)c6)cc25)c2ccc(Oc5cccc(C)c5)cc24)c2ccc(Oc4cccc(C)c4)cc23)c1. The largest absolute Gasteiger partial charge is 0.457 e. The summed E-state index contributed by atoms with van der Waals surface area (Å²) < 4.78 is 51.4. The van der Waals surface area contributed by atoms with Crippen LogP contribution in [0.4, 0.5) is 0 Å². The average molecular weight is 1910 g/mol. The molecule has 26 rings (SSSR count). The minimum atomic E-state index is 0. The Hall–Kier alpha value is -19.4. The molecule has 0 saturated carbocycles. The van der Waals surface area contributed by atoms with Gasteiger partial charge in [-0.1, -0.05) is 112 Å². The molecule has 146 heavy (non-hydrogen) atoms. The lowest BCUT2D eigenvalue weighted by Crippen LogP contribution is -2.03. The van der Waals surface area contributed by atoms with Gasteiger partial charge in [0.15, 0.2) is 93.4 Å². The molecule has 0 unspecified atom stereocenters. The number of fused-ring (bicyclic) bond motifs is 32. The lowest BCUT2D eigenvalue weighted by molar-refractivity contribution is 0.482. The van der Waals surface area contributed by atoms with Gasteiger partial charge < -0.3 is 37.9 Å². The van der Waals surface area contributed by atoms with Crippen LogP contribution in [0.1, 0.15) is 148 Å². The van der Waals surface area contributed by atoms with Crippen LogP contribution in [0.2, 0.25) is 0 Å². The Morgan fingerprint density at radius 3 is 0.308 bits per heavy atom. The van der Waals surface area contributed by atoms with Gasteiger partial charge in [-0.15, -0.1) is 0 Å². The summed E-state index contributed by atoms with van der Waals surface area (Å²) >= 11 is 0. The fourth-order valence-corrected chi connectivity index (χ4v) is 18.2. The number of aliphatic imine (C=N–C) groups is 16. The highest BCUT2D eigenvalue weighted by molar-refractivity contribution is 6.38. The summed E-state index contributed by atoms with van der Waals surface area (Å²) in [4.78, 5) is 82.9. The molecular weight excluding hydrogens is 1820 g/mol. The van der Waals surface area contributed by atoms with Gasteiger partial charge in [0, 0.05) is 89.0 Å². The van der Waals surface area contributed by atoms with Crippen LogP contribution < -0.4 is 37.9 Å². The molecular formula is C122H88N16O8. The minimum Gasteiger partial charge on any atom is -0.457 e. The van der Waals surface area contributed by atoms with E-state index in [1.54, 1.807) is 0 Å². The van der Waals surface area contributed by atoms with Crippen molar-refractivity contribution in [3.05, 3.63) is 473 Å². The summed E-state index contributed by atoms with van der Waals surface area (Å²) in [6.07, 6.45) is 0. The quantitative estimate of drug-likeness (QED) is 0.0895. The van der Waals surface area contributed by atoms with E-state index >= 15 is 0 Å². The molecule has 24 heteroatoms. The number of amidine groups is 16. The van der Waals surface area contributed by atoms with Crippen molar-refractivity contribution >= 4 is 93.4 Å². The number of benzene rings is 16. The molecule has 24 nitrogen and oxygen atoms in total. The molecule has 10 aliphatic heterocycles. The van der Waals surface area contributed by atoms with Gasteiger partial charge >= 0.3 is 0 Å². The van der Waals surface area contributed by atoms with Crippen LogP contribution in [0.15, 0.2) is 420 Å². The lowest BCUT2D eigenvalue weighted by Gasteiger charge is -2.10. The smallest absolute Gasteiger partial charge is 0.164 e. The van der Waals surface area contributed by atoms with E-state index in [4.69, 9.17) is 118 Å². The predicted octanol–water partition coefficient (Wildman–Crippen LogP) is 27.7. The molecule has 0 aromatic heterocycles. The van der Waals surface area contributed by atoms with Crippen molar-refractivity contribution in [2.24, 2.45) is 79.9 Å². The molecule has 0 aliphatic carbocycles. The van der Waals surface area contributed by atoms with Crippen molar-refractivity contribution in [1.29, 1.82) is 0 Å². The number of hydrogen-bond acceptors (Lipinski definition) is 24. The zero-order valence-corrected chi connectivity index (χ0v) is 78.8. The Morgan fingerprint density at radius 2 is 0.205 bits per heavy atom. The molecule has 704 valence electrons. The van der Waals surface area contributed by atoms with E-state index < -0.39 is 0 Å². The third-order valence-electron chi connectivity index (χ3n) is 25.0. The minimum absolute atomic E-state index is 0. The highest BCUT2D eigenvalue weighted by Gasteiger charge is 2.37. The van der Waals surface area contributed by atoms with Crippen LogP contribution in [0.5, 0.6) is 92.0 Å². The third kappa shape index (κ3) is 18.1. The zero-order chi connectivity index (χ0) is 96.9. The van der Waals surface area contributed by atoms with Gasteiger partial charge in [-0.25, -0.2) is 79.9 Å². The molecule has 16 aromatic rings. The number of nitrogens with zero attached hydrogens (tertiary/aromatic N) is 16. The first kappa shape index (κ1) is 90.5. The molecule has 16 bridgehead atoms. The van der Waals surface area contributed by atoms with Crippen LogP contribution in [0, 0.1) is 55.4 Å². The molecule has 0 fully saturated rings. The predicted molar refractivity (Wildman–Crippen MR) is 580 cm³/mol. The van der Waals surface area contributed by atoms with E-state index in [1.807, 2.05) is 395 Å². The Labute approximate surface area is 841 Å². The third-order valence-corrected chi connectivity index (χ3v) is 25.0. The number of hydrogen-bond donors (Lipinski definition) is 0. The molecule has 16 aromatic carbocycles. The first-order valence-corrected chi connectivity index (χ1v) is 46.9. The van der Waals surface area contributed by atoms with E-state index in [9.17, 15) is 0 Å². The summed E-state index contributed by atoms with van der Waals surface area (Å²) in [5.74, 6) is 16.9. The number of rotatable bonds is 16. The second kappa shape index (κ2) is 37.3. The fourth-order valence-electron chi connectivity index (χ4n) is 18.2. The van der Waals surface area contributed by atoms with Gasteiger partial charge in [0.1, 0.15) is 92.0 Å². The molecule has 0 saturated heterocycles. The number of aryl methyl sites for hydroxylation is 8. The van der Waals surface area contributed by atoms with Gasteiger partial charge in [-0.05, 0) is 343 Å². The fraction of sp³-hybridized carbons (Fsp3) is 0.0820. The summed E-state index contributed by atoms with van der Waals surface area (Å²) in [7, 11) is 0. The summed E-state index contributed by atoms with van der Waals surface area (Å²) in [6.45, 7) is 16.3. The van der Waals surface area contributed by atoms with Crippen LogP contribution in [0.3, 0.4) is 0 Å². The monoisotopic (exact) mass is 1900 g/mol. The van der Waals surface area contributed by atoms with Crippen molar-refractivity contribution in [2.75, 3.05) is 0 Å². The van der Waals surface area contributed by atoms with Crippen molar-refractivity contribution in [3.8, 4) is 92.0 Å². The van der Waals surface area contributed by atoms with Gasteiger partial charge in [-0.2, -0.15) is 0 Å². The standard InChI is InChI=1S/2C60H40N8O4.2CH4/c1-33-9-5-13-37(25-33)69-41-17-21-45-49(29-41)57-63-53(45)61-54-47-23-19-43(71-39-15-7-11-35(3)27-39)31-51(47)59(65-54)68-60-52-32-44(72-40-16-8-12-36(4)28-40)20-24-48(52)56(66-60)62-55-46-22-18-42(30-50(46)58(64-55)67-57)70-38-14-6-10-34(2)26-38;1-33-9-5-13-37(25-33)69-41-17-21-45-49(29-41)57-61-53(45)66-58-51-31-43(71-39-15-7-11-35(3)27-39)19-23-47(51)55(63-58)68-60-52-32-44(72-40-16-8-12-36(4)28-40)20-24-48(52)56(64-60)67-59-50-30-42(18-22-46(50)54(62-59)65-57)70-38-14-6-10-34(2)26-38;;/h2*5-32H,1-4H3;2*1H4. The molecule has 10 aliphatic rings. The Bertz CT molecular complexity index is 8120. The molecule has 0 N–H and O–H groups in total. The van der Waals surface area contributed by atoms with E-state index in [1.165, 1.54) is 0 Å². The van der Waals surface area contributed by atoms with Crippen molar-refractivity contribution < 1.29 is 37.9 Å². The van der Waals surface area contributed by atoms with E-state index in [-0.39, 0.29) is 14.9 Å². The molecule has 10 heterocycles. The van der Waals surface area contributed by atoms with Crippen LogP contribution >= 0.6 is 0 Å². The molecule has 0 spiro atoms. The van der Waals surface area contributed by atoms with Gasteiger partial charge in [0.05, 0.1) is 0 Å². The van der Waals surface area contributed by atoms with E-state index in [0.29, 0.717) is 230 Å². The second-order valence-electron chi connectivity index (χ2n) is 36.0. The van der Waals surface area contributed by atoms with E-state index in [2.05, 4.69) is 0 Å². The van der Waals surface area contributed by atoms with Crippen LogP contribution in [-0.2, 0) is 0 Å². The molecule has 0 amide bonds. The molecule has 0 atom stereocenters.